The van der Waals surface area contributed by atoms with Gasteiger partial charge in [0, 0.05) is 37.6 Å². The Labute approximate surface area is 167 Å². The van der Waals surface area contributed by atoms with Crippen LogP contribution in [0.4, 0.5) is 0 Å². The highest BCUT2D eigenvalue weighted by Gasteiger charge is 2.29. The van der Waals surface area contributed by atoms with Crippen molar-refractivity contribution in [1.29, 1.82) is 0 Å². The van der Waals surface area contributed by atoms with Crippen molar-refractivity contribution in [1.82, 2.24) is 35.2 Å². The molecule has 0 atom stereocenters. The summed E-state index contributed by atoms with van der Waals surface area (Å²) < 4.78 is 0. The highest BCUT2D eigenvalue weighted by molar-refractivity contribution is 5.95. The third-order valence-electron chi connectivity index (χ3n) is 5.05. The number of nitrogens with one attached hydrogen (secondary N) is 1. The molecule has 0 saturated heterocycles. The largest absolute Gasteiger partial charge is 0.333 e. The number of aromatic nitrogens is 5. The van der Waals surface area contributed by atoms with Crippen LogP contribution in [0.5, 0.6) is 0 Å². The van der Waals surface area contributed by atoms with E-state index in [4.69, 9.17) is 0 Å². The van der Waals surface area contributed by atoms with E-state index in [9.17, 15) is 9.59 Å². The zero-order chi connectivity index (χ0) is 20.2. The van der Waals surface area contributed by atoms with Gasteiger partial charge in [-0.05, 0) is 37.1 Å². The Balaban J connectivity index is 1.50. The second-order valence-electron chi connectivity index (χ2n) is 6.81. The molecule has 1 N–H and O–H groups in total. The molecule has 148 valence electrons. The van der Waals surface area contributed by atoms with Gasteiger partial charge in [-0.1, -0.05) is 0 Å². The summed E-state index contributed by atoms with van der Waals surface area (Å²) in [6.45, 7) is 3.92. The van der Waals surface area contributed by atoms with Crippen LogP contribution in [0.25, 0.3) is 0 Å². The van der Waals surface area contributed by atoms with Crippen molar-refractivity contribution in [3.63, 3.8) is 0 Å². The number of hydrogen-bond acceptors (Lipinski definition) is 6. The molecule has 0 aliphatic carbocycles. The molecule has 0 unspecified atom stereocenters. The van der Waals surface area contributed by atoms with Crippen molar-refractivity contribution in [2.75, 3.05) is 13.1 Å². The van der Waals surface area contributed by atoms with E-state index in [2.05, 4.69) is 25.4 Å². The number of carbonyl (C=O) groups excluding carboxylic acids is 2. The molecule has 3 aromatic rings. The van der Waals surface area contributed by atoms with Crippen LogP contribution in [-0.2, 0) is 19.5 Å². The van der Waals surface area contributed by atoms with Crippen molar-refractivity contribution in [2.24, 2.45) is 0 Å². The molecule has 1 aliphatic rings. The molecular formula is C20H21N7O2. The van der Waals surface area contributed by atoms with E-state index in [0.29, 0.717) is 43.9 Å². The van der Waals surface area contributed by atoms with Gasteiger partial charge in [0.05, 0.1) is 30.2 Å². The summed E-state index contributed by atoms with van der Waals surface area (Å²) in [4.78, 5) is 33.2. The van der Waals surface area contributed by atoms with Crippen LogP contribution >= 0.6 is 0 Å². The topological polar surface area (TPSA) is 108 Å². The van der Waals surface area contributed by atoms with Crippen LogP contribution in [0.1, 0.15) is 44.6 Å². The second-order valence-corrected chi connectivity index (χ2v) is 6.81. The Bertz CT molecular complexity index is 1000. The van der Waals surface area contributed by atoms with Crippen LogP contribution < -0.4 is 0 Å². The third kappa shape index (κ3) is 3.84. The number of carbonyl (C=O) groups is 2. The van der Waals surface area contributed by atoms with Gasteiger partial charge in [-0.15, -0.1) is 0 Å². The normalized spacial score (nSPS) is 13.1. The van der Waals surface area contributed by atoms with E-state index in [0.717, 1.165) is 16.8 Å². The van der Waals surface area contributed by atoms with Gasteiger partial charge in [0.2, 0.25) is 0 Å². The number of rotatable bonds is 5. The van der Waals surface area contributed by atoms with Gasteiger partial charge in [-0.2, -0.15) is 15.3 Å². The smallest absolute Gasteiger partial charge is 0.274 e. The molecule has 0 spiro atoms. The number of amides is 2. The number of fused-ring (bicyclic) bond motifs is 1. The molecule has 4 heterocycles. The van der Waals surface area contributed by atoms with Gasteiger partial charge in [0.15, 0.2) is 5.69 Å². The summed E-state index contributed by atoms with van der Waals surface area (Å²) in [6, 6.07) is 5.44. The molecular weight excluding hydrogens is 370 g/mol. The maximum atomic E-state index is 13.1. The first-order chi connectivity index (χ1) is 14.2. The molecule has 0 saturated carbocycles. The first kappa shape index (κ1) is 18.7. The SMILES string of the molecule is CCN(Cc1ccncc1)C(=O)c1n[nH]c2c1CCN(C(=O)c1ccnnc1)C2. The molecule has 29 heavy (non-hydrogen) atoms. The molecule has 2 amide bonds. The van der Waals surface area contributed by atoms with Crippen LogP contribution in [0.2, 0.25) is 0 Å². The highest BCUT2D eigenvalue weighted by atomic mass is 16.2. The zero-order valence-corrected chi connectivity index (χ0v) is 16.1. The monoisotopic (exact) mass is 391 g/mol. The summed E-state index contributed by atoms with van der Waals surface area (Å²) in [5.41, 5.74) is 3.64. The lowest BCUT2D eigenvalue weighted by Gasteiger charge is -2.27. The maximum absolute atomic E-state index is 13.1. The van der Waals surface area contributed by atoms with Gasteiger partial charge in [-0.25, -0.2) is 0 Å². The van der Waals surface area contributed by atoms with E-state index >= 15 is 0 Å². The first-order valence-corrected chi connectivity index (χ1v) is 9.47. The second kappa shape index (κ2) is 8.17. The lowest BCUT2D eigenvalue weighted by molar-refractivity contribution is 0.0731. The minimum absolute atomic E-state index is 0.110. The van der Waals surface area contributed by atoms with Crippen molar-refractivity contribution >= 4 is 11.8 Å². The van der Waals surface area contributed by atoms with E-state index < -0.39 is 0 Å². The van der Waals surface area contributed by atoms with Gasteiger partial charge >= 0.3 is 0 Å². The maximum Gasteiger partial charge on any atom is 0.274 e. The molecule has 0 aromatic carbocycles. The number of H-pyrrole nitrogens is 1. The van der Waals surface area contributed by atoms with E-state index in [1.807, 2.05) is 19.1 Å². The number of aromatic amines is 1. The Morgan fingerprint density at radius 3 is 2.72 bits per heavy atom. The van der Waals surface area contributed by atoms with Crippen LogP contribution in [0.15, 0.2) is 43.0 Å². The minimum Gasteiger partial charge on any atom is -0.333 e. The van der Waals surface area contributed by atoms with Gasteiger partial charge in [0.1, 0.15) is 0 Å². The fourth-order valence-electron chi connectivity index (χ4n) is 3.45. The fraction of sp³-hybridized carbons (Fsp3) is 0.300. The van der Waals surface area contributed by atoms with Crippen LogP contribution in [0.3, 0.4) is 0 Å². The minimum atomic E-state index is -0.111. The van der Waals surface area contributed by atoms with Crippen molar-refractivity contribution in [2.45, 2.75) is 26.4 Å². The van der Waals surface area contributed by atoms with E-state index in [-0.39, 0.29) is 11.8 Å². The molecule has 9 heteroatoms. The summed E-state index contributed by atoms with van der Waals surface area (Å²) in [5.74, 6) is -0.221. The average molecular weight is 391 g/mol. The molecule has 3 aromatic heterocycles. The molecule has 1 aliphatic heterocycles. The highest BCUT2D eigenvalue weighted by Crippen LogP contribution is 2.23. The standard InChI is InChI=1S/C20H21N7O2/c1-2-26(12-14-3-7-21-8-4-14)20(29)18-16-6-10-27(13-17(16)24-25-18)19(28)15-5-9-22-23-11-15/h3-5,7-9,11H,2,6,10,12-13H2,1H3,(H,24,25). The van der Waals surface area contributed by atoms with Crippen LogP contribution in [-0.4, -0.2) is 60.1 Å². The van der Waals surface area contributed by atoms with Gasteiger partial charge in [0.25, 0.3) is 11.8 Å². The summed E-state index contributed by atoms with van der Waals surface area (Å²) >= 11 is 0. The summed E-state index contributed by atoms with van der Waals surface area (Å²) in [5, 5.41) is 14.7. The molecule has 9 nitrogen and oxygen atoms in total. The van der Waals surface area contributed by atoms with Gasteiger partial charge in [-0.3, -0.25) is 19.7 Å². The average Bonchev–Trinajstić information content (AvgIpc) is 3.21. The third-order valence-corrected chi connectivity index (χ3v) is 5.05. The number of hydrogen-bond donors (Lipinski definition) is 1. The fourth-order valence-corrected chi connectivity index (χ4v) is 3.45. The summed E-state index contributed by atoms with van der Waals surface area (Å²) in [7, 11) is 0. The van der Waals surface area contributed by atoms with Crippen molar-refractivity contribution in [3.8, 4) is 0 Å². The number of nitrogens with zero attached hydrogens (tertiary/aromatic N) is 6. The predicted octanol–water partition coefficient (Wildman–Crippen LogP) is 1.46. The lowest BCUT2D eigenvalue weighted by Crippen LogP contribution is -2.37. The van der Waals surface area contributed by atoms with Crippen molar-refractivity contribution in [3.05, 3.63) is 71.1 Å². The Hall–Kier alpha value is -3.62. The van der Waals surface area contributed by atoms with E-state index in [1.165, 1.54) is 12.4 Å². The van der Waals surface area contributed by atoms with E-state index in [1.54, 1.807) is 28.3 Å². The van der Waals surface area contributed by atoms with Crippen LogP contribution in [0, 0.1) is 0 Å². The Morgan fingerprint density at radius 2 is 2.00 bits per heavy atom. The lowest BCUT2D eigenvalue weighted by atomic mass is 10.0. The Kier molecular flexibility index (Phi) is 5.28. The molecule has 0 radical (unpaired) electrons. The Morgan fingerprint density at radius 1 is 1.17 bits per heavy atom. The quantitative estimate of drug-likeness (QED) is 0.705. The van der Waals surface area contributed by atoms with Crippen molar-refractivity contribution < 1.29 is 9.59 Å². The molecule has 0 bridgehead atoms. The predicted molar refractivity (Wildman–Crippen MR) is 104 cm³/mol. The summed E-state index contributed by atoms with van der Waals surface area (Å²) in [6.07, 6.45) is 6.96. The number of pyridine rings is 1. The molecule has 4 rings (SSSR count). The molecule has 0 fully saturated rings. The first-order valence-electron chi connectivity index (χ1n) is 9.47. The van der Waals surface area contributed by atoms with Gasteiger partial charge < -0.3 is 9.80 Å². The zero-order valence-electron chi connectivity index (χ0n) is 16.1.